The van der Waals surface area contributed by atoms with E-state index < -0.39 is 0 Å². The van der Waals surface area contributed by atoms with Gasteiger partial charge in [0, 0.05) is 14.1 Å². The molecule has 0 radical (unpaired) electrons. The van der Waals surface area contributed by atoms with E-state index in [-0.39, 0.29) is 0 Å². The van der Waals surface area contributed by atoms with Crippen molar-refractivity contribution in [1.82, 2.24) is 19.7 Å². The highest BCUT2D eigenvalue weighted by Gasteiger charge is 2.13. The van der Waals surface area contributed by atoms with Crippen molar-refractivity contribution < 1.29 is 0 Å². The lowest BCUT2D eigenvalue weighted by molar-refractivity contribution is 0.489. The first kappa shape index (κ1) is 10.9. The second kappa shape index (κ2) is 4.08. The maximum Gasteiger partial charge on any atom is 0.163 e. The number of fused-ring (bicyclic) bond motifs is 1. The third-order valence-electron chi connectivity index (χ3n) is 2.80. The summed E-state index contributed by atoms with van der Waals surface area (Å²) in [5, 5.41) is 5.40. The van der Waals surface area contributed by atoms with Gasteiger partial charge in [0.2, 0.25) is 0 Å². The summed E-state index contributed by atoms with van der Waals surface area (Å²) in [6.45, 7) is 4.29. The normalized spacial score (nSPS) is 13.0. The molecule has 0 aliphatic heterocycles. The average Bonchev–Trinajstić information content (AvgIpc) is 2.71. The largest absolute Gasteiger partial charge is 0.362 e. The molecule has 2 rings (SSSR count). The van der Waals surface area contributed by atoms with Crippen molar-refractivity contribution in [3.8, 4) is 0 Å². The fourth-order valence-electron chi connectivity index (χ4n) is 1.70. The first-order chi connectivity index (χ1) is 7.65. The Balaban J connectivity index is 2.61. The van der Waals surface area contributed by atoms with Crippen LogP contribution in [0, 0.1) is 0 Å². The van der Waals surface area contributed by atoms with Crippen LogP contribution in [0.25, 0.3) is 11.0 Å². The van der Waals surface area contributed by atoms with Crippen molar-refractivity contribution >= 4 is 16.9 Å². The van der Waals surface area contributed by atoms with Crippen LogP contribution in [0.4, 0.5) is 5.82 Å². The molecule has 0 aliphatic rings. The van der Waals surface area contributed by atoms with Gasteiger partial charge in [-0.05, 0) is 13.3 Å². The summed E-state index contributed by atoms with van der Waals surface area (Å²) in [6.07, 6.45) is 4.48. The van der Waals surface area contributed by atoms with Crippen LogP contribution in [0.15, 0.2) is 12.5 Å². The summed E-state index contributed by atoms with van der Waals surface area (Å²) >= 11 is 0. The smallest absolute Gasteiger partial charge is 0.163 e. The van der Waals surface area contributed by atoms with Gasteiger partial charge in [0.15, 0.2) is 5.65 Å². The molecule has 5 heteroatoms. The highest BCUT2D eigenvalue weighted by Crippen LogP contribution is 2.23. The Bertz CT molecular complexity index is 488. The predicted molar refractivity (Wildman–Crippen MR) is 64.7 cm³/mol. The lowest BCUT2D eigenvalue weighted by Crippen LogP contribution is -2.12. The highest BCUT2D eigenvalue weighted by molar-refractivity contribution is 5.86. The van der Waals surface area contributed by atoms with Gasteiger partial charge in [-0.3, -0.25) is 0 Å². The minimum atomic E-state index is 0.363. The molecule has 0 fully saturated rings. The molecular weight excluding hydrogens is 202 g/mol. The van der Waals surface area contributed by atoms with Gasteiger partial charge in [0.05, 0.1) is 17.6 Å². The minimum Gasteiger partial charge on any atom is -0.362 e. The second-order valence-corrected chi connectivity index (χ2v) is 4.18. The van der Waals surface area contributed by atoms with Crippen LogP contribution in [0.1, 0.15) is 26.3 Å². The maximum atomic E-state index is 4.40. The zero-order valence-electron chi connectivity index (χ0n) is 10.2. The quantitative estimate of drug-likeness (QED) is 0.790. The Morgan fingerprint density at radius 1 is 1.38 bits per heavy atom. The molecule has 0 bridgehead atoms. The van der Waals surface area contributed by atoms with Crippen molar-refractivity contribution in [1.29, 1.82) is 0 Å². The summed E-state index contributed by atoms with van der Waals surface area (Å²) in [4.78, 5) is 10.6. The van der Waals surface area contributed by atoms with E-state index in [0.29, 0.717) is 6.04 Å². The third-order valence-corrected chi connectivity index (χ3v) is 2.80. The van der Waals surface area contributed by atoms with Crippen LogP contribution < -0.4 is 4.90 Å². The SMILES string of the molecule is CC[C@@H](C)n1ncc2c(N(C)C)ncnc21. The van der Waals surface area contributed by atoms with Gasteiger partial charge in [-0.25, -0.2) is 14.6 Å². The number of hydrogen-bond acceptors (Lipinski definition) is 4. The molecule has 0 N–H and O–H groups in total. The van der Waals surface area contributed by atoms with Crippen molar-refractivity contribution in [2.75, 3.05) is 19.0 Å². The molecule has 0 unspecified atom stereocenters. The molecule has 86 valence electrons. The van der Waals surface area contributed by atoms with Crippen molar-refractivity contribution in [2.24, 2.45) is 0 Å². The van der Waals surface area contributed by atoms with Crippen LogP contribution in [-0.4, -0.2) is 33.8 Å². The number of nitrogens with zero attached hydrogens (tertiary/aromatic N) is 5. The zero-order valence-corrected chi connectivity index (χ0v) is 10.2. The lowest BCUT2D eigenvalue weighted by Gasteiger charge is -2.13. The van der Waals surface area contributed by atoms with Gasteiger partial charge in [-0.1, -0.05) is 6.92 Å². The molecule has 0 aromatic carbocycles. The van der Waals surface area contributed by atoms with Gasteiger partial charge >= 0.3 is 0 Å². The van der Waals surface area contributed by atoms with E-state index in [1.54, 1.807) is 6.33 Å². The molecule has 0 aliphatic carbocycles. The topological polar surface area (TPSA) is 46.8 Å². The van der Waals surface area contributed by atoms with Gasteiger partial charge in [-0.2, -0.15) is 5.10 Å². The summed E-state index contributed by atoms with van der Waals surface area (Å²) in [5.41, 5.74) is 0.910. The molecule has 0 saturated carbocycles. The van der Waals surface area contributed by atoms with Crippen LogP contribution in [0.5, 0.6) is 0 Å². The molecule has 16 heavy (non-hydrogen) atoms. The first-order valence-corrected chi connectivity index (χ1v) is 5.50. The summed E-state index contributed by atoms with van der Waals surface area (Å²) in [5.74, 6) is 0.916. The number of aromatic nitrogens is 4. The summed E-state index contributed by atoms with van der Waals surface area (Å²) in [7, 11) is 3.95. The first-order valence-electron chi connectivity index (χ1n) is 5.50. The number of hydrogen-bond donors (Lipinski definition) is 0. The molecule has 2 aromatic heterocycles. The second-order valence-electron chi connectivity index (χ2n) is 4.18. The molecule has 0 spiro atoms. The Kier molecular flexibility index (Phi) is 2.77. The van der Waals surface area contributed by atoms with E-state index in [1.165, 1.54) is 0 Å². The van der Waals surface area contributed by atoms with Crippen LogP contribution >= 0.6 is 0 Å². The molecule has 2 heterocycles. The Labute approximate surface area is 95.1 Å². The third kappa shape index (κ3) is 1.62. The van der Waals surface area contributed by atoms with Crippen LogP contribution in [0.3, 0.4) is 0 Å². The summed E-state index contributed by atoms with van der Waals surface area (Å²) in [6, 6.07) is 0.363. The Morgan fingerprint density at radius 2 is 2.12 bits per heavy atom. The highest BCUT2D eigenvalue weighted by atomic mass is 15.3. The van der Waals surface area contributed by atoms with Crippen LogP contribution in [-0.2, 0) is 0 Å². The van der Waals surface area contributed by atoms with E-state index in [9.17, 15) is 0 Å². The van der Waals surface area contributed by atoms with Crippen molar-refractivity contribution in [3.05, 3.63) is 12.5 Å². The fraction of sp³-hybridized carbons (Fsp3) is 0.545. The zero-order chi connectivity index (χ0) is 11.7. The van der Waals surface area contributed by atoms with Gasteiger partial charge in [0.25, 0.3) is 0 Å². The molecule has 1 atom stereocenters. The Morgan fingerprint density at radius 3 is 2.75 bits per heavy atom. The molecule has 2 aromatic rings. The lowest BCUT2D eigenvalue weighted by atomic mass is 10.2. The Hall–Kier alpha value is -1.65. The van der Waals surface area contributed by atoms with E-state index >= 15 is 0 Å². The van der Waals surface area contributed by atoms with Crippen LogP contribution in [0.2, 0.25) is 0 Å². The van der Waals surface area contributed by atoms with E-state index in [1.807, 2.05) is 29.9 Å². The van der Waals surface area contributed by atoms with E-state index in [0.717, 1.165) is 23.3 Å². The van der Waals surface area contributed by atoms with Gasteiger partial charge in [-0.15, -0.1) is 0 Å². The van der Waals surface area contributed by atoms with Crippen molar-refractivity contribution in [3.63, 3.8) is 0 Å². The van der Waals surface area contributed by atoms with Gasteiger partial charge in [0.1, 0.15) is 12.1 Å². The molecule has 0 saturated heterocycles. The molecule has 0 amide bonds. The number of anilines is 1. The molecule has 5 nitrogen and oxygen atoms in total. The number of rotatable bonds is 3. The van der Waals surface area contributed by atoms with E-state index in [4.69, 9.17) is 0 Å². The standard InChI is InChI=1S/C11H17N5/c1-5-8(2)16-11-9(6-14-16)10(15(3)4)12-7-13-11/h6-8H,5H2,1-4H3/t8-/m1/s1. The molecular formula is C11H17N5. The monoisotopic (exact) mass is 219 g/mol. The average molecular weight is 219 g/mol. The predicted octanol–water partition coefficient (Wildman–Crippen LogP) is 1.86. The van der Waals surface area contributed by atoms with Crippen molar-refractivity contribution in [2.45, 2.75) is 26.3 Å². The minimum absolute atomic E-state index is 0.363. The maximum absolute atomic E-state index is 4.40. The van der Waals surface area contributed by atoms with E-state index in [2.05, 4.69) is 28.9 Å². The fourth-order valence-corrected chi connectivity index (χ4v) is 1.70. The summed E-state index contributed by atoms with van der Waals surface area (Å²) < 4.78 is 1.96. The van der Waals surface area contributed by atoms with Gasteiger partial charge < -0.3 is 4.90 Å².